The Morgan fingerprint density at radius 2 is 2.24 bits per heavy atom. The van der Waals surface area contributed by atoms with Gasteiger partial charge in [0.1, 0.15) is 0 Å². The third-order valence-corrected chi connectivity index (χ3v) is 4.19. The van der Waals surface area contributed by atoms with Crippen molar-refractivity contribution in [2.45, 2.75) is 43.5 Å². The minimum atomic E-state index is 0.180. The highest BCUT2D eigenvalue weighted by Gasteiger charge is 2.29. The van der Waals surface area contributed by atoms with Crippen molar-refractivity contribution in [3.8, 4) is 0 Å². The third kappa shape index (κ3) is 2.95. The molecule has 3 nitrogen and oxygen atoms in total. The third-order valence-electron chi connectivity index (χ3n) is 3.37. The van der Waals surface area contributed by atoms with Gasteiger partial charge >= 0.3 is 0 Å². The van der Waals surface area contributed by atoms with Crippen LogP contribution in [-0.4, -0.2) is 28.9 Å². The van der Waals surface area contributed by atoms with Crippen LogP contribution in [0.3, 0.4) is 0 Å². The summed E-state index contributed by atoms with van der Waals surface area (Å²) in [6, 6.07) is 0. The number of hydrogen-bond acceptors (Lipinski definition) is 2. The lowest BCUT2D eigenvalue weighted by Gasteiger charge is -2.28. The predicted molar refractivity (Wildman–Crippen MR) is 70.0 cm³/mol. The van der Waals surface area contributed by atoms with Crippen LogP contribution in [0.4, 0.5) is 0 Å². The molecule has 96 valence electrons. The topological polar surface area (TPSA) is 27.1 Å². The molecule has 0 bridgehead atoms. The van der Waals surface area contributed by atoms with Gasteiger partial charge in [0.2, 0.25) is 0 Å². The van der Waals surface area contributed by atoms with Crippen LogP contribution < -0.4 is 0 Å². The van der Waals surface area contributed by atoms with E-state index >= 15 is 0 Å². The maximum Gasteiger partial charge on any atom is 0.0821 e. The number of methoxy groups -OCH3 is 1. The van der Waals surface area contributed by atoms with Crippen molar-refractivity contribution in [1.82, 2.24) is 9.78 Å². The lowest BCUT2D eigenvalue weighted by Crippen LogP contribution is -2.22. The molecule has 0 amide bonds. The first kappa shape index (κ1) is 13.2. The lowest BCUT2D eigenvalue weighted by molar-refractivity contribution is 0.181. The molecule has 2 unspecified atom stereocenters. The summed E-state index contributed by atoms with van der Waals surface area (Å²) in [6.07, 6.45) is 6.32. The number of ether oxygens (including phenoxy) is 1. The second-order valence-corrected chi connectivity index (χ2v) is 5.47. The van der Waals surface area contributed by atoms with E-state index in [-0.39, 0.29) is 5.38 Å². The van der Waals surface area contributed by atoms with Crippen LogP contribution in [0.2, 0.25) is 5.02 Å². The van der Waals surface area contributed by atoms with E-state index in [4.69, 9.17) is 27.9 Å². The zero-order valence-electron chi connectivity index (χ0n) is 10.0. The largest absolute Gasteiger partial charge is 0.383 e. The number of aromatic nitrogens is 2. The zero-order chi connectivity index (χ0) is 12.3. The second kappa shape index (κ2) is 6.07. The average Bonchev–Trinajstić information content (AvgIpc) is 2.69. The van der Waals surface area contributed by atoms with Gasteiger partial charge in [0.05, 0.1) is 30.1 Å². The van der Waals surface area contributed by atoms with Gasteiger partial charge in [-0.15, -0.1) is 11.6 Å². The van der Waals surface area contributed by atoms with E-state index in [1.54, 1.807) is 13.3 Å². The van der Waals surface area contributed by atoms with Crippen molar-refractivity contribution in [3.05, 3.63) is 16.9 Å². The van der Waals surface area contributed by atoms with Gasteiger partial charge in [-0.2, -0.15) is 5.10 Å². The van der Waals surface area contributed by atoms with Gasteiger partial charge in [-0.3, -0.25) is 4.68 Å². The summed E-state index contributed by atoms with van der Waals surface area (Å²) in [7, 11) is 1.69. The van der Waals surface area contributed by atoms with E-state index < -0.39 is 0 Å². The van der Waals surface area contributed by atoms with Crippen molar-refractivity contribution in [1.29, 1.82) is 0 Å². The number of hydrogen-bond donors (Lipinski definition) is 0. The number of nitrogens with zero attached hydrogens (tertiary/aromatic N) is 2. The maximum atomic E-state index is 6.42. The quantitative estimate of drug-likeness (QED) is 0.788. The molecule has 2 atom stereocenters. The zero-order valence-corrected chi connectivity index (χ0v) is 11.5. The van der Waals surface area contributed by atoms with Gasteiger partial charge in [0.25, 0.3) is 0 Å². The molecule has 0 N–H and O–H groups in total. The summed E-state index contributed by atoms with van der Waals surface area (Å²) in [6.45, 7) is 1.38. The molecule has 1 fully saturated rings. The molecule has 0 saturated heterocycles. The summed E-state index contributed by atoms with van der Waals surface area (Å²) in [5.74, 6) is 0.331. The normalized spacial score (nSPS) is 25.1. The minimum absolute atomic E-state index is 0.180. The van der Waals surface area contributed by atoms with Crippen molar-refractivity contribution >= 4 is 23.2 Å². The molecular weight excluding hydrogens is 259 g/mol. The fourth-order valence-corrected chi connectivity index (χ4v) is 3.17. The standard InChI is InChI=1S/C12H18Cl2N2O/c1-17-7-6-16-12(11(14)8-15-16)9-4-2-3-5-10(9)13/h8-10H,2-7H2,1H3. The van der Waals surface area contributed by atoms with E-state index in [9.17, 15) is 0 Å². The van der Waals surface area contributed by atoms with Crippen LogP contribution in [0.25, 0.3) is 0 Å². The second-order valence-electron chi connectivity index (χ2n) is 4.50. The van der Waals surface area contributed by atoms with E-state index in [1.807, 2.05) is 4.68 Å². The Balaban J connectivity index is 2.19. The first-order valence-corrected chi connectivity index (χ1v) is 6.89. The Labute approximate surface area is 112 Å². The number of rotatable bonds is 4. The molecule has 0 spiro atoms. The van der Waals surface area contributed by atoms with Crippen LogP contribution in [-0.2, 0) is 11.3 Å². The van der Waals surface area contributed by atoms with Crippen LogP contribution in [0, 0.1) is 0 Å². The van der Waals surface area contributed by atoms with Gasteiger partial charge in [-0.1, -0.05) is 24.4 Å². The Bertz CT molecular complexity index is 367. The molecular formula is C12H18Cl2N2O. The molecule has 0 aliphatic heterocycles. The fraction of sp³-hybridized carbons (Fsp3) is 0.750. The summed E-state index contributed by atoms with van der Waals surface area (Å²) in [5, 5.41) is 5.22. The van der Waals surface area contributed by atoms with Crippen LogP contribution in [0.15, 0.2) is 6.20 Å². The molecule has 1 aliphatic rings. The van der Waals surface area contributed by atoms with Crippen molar-refractivity contribution in [2.24, 2.45) is 0 Å². The smallest absolute Gasteiger partial charge is 0.0821 e. The molecule has 2 rings (SSSR count). The van der Waals surface area contributed by atoms with Gasteiger partial charge in [-0.25, -0.2) is 0 Å². The lowest BCUT2D eigenvalue weighted by atomic mass is 9.86. The highest BCUT2D eigenvalue weighted by molar-refractivity contribution is 6.31. The highest BCUT2D eigenvalue weighted by atomic mass is 35.5. The van der Waals surface area contributed by atoms with Crippen molar-refractivity contribution < 1.29 is 4.74 Å². The molecule has 1 aromatic heterocycles. The molecule has 17 heavy (non-hydrogen) atoms. The van der Waals surface area contributed by atoms with Crippen molar-refractivity contribution in [2.75, 3.05) is 13.7 Å². The van der Waals surface area contributed by atoms with Gasteiger partial charge in [0, 0.05) is 18.4 Å². The minimum Gasteiger partial charge on any atom is -0.383 e. The Kier molecular flexibility index (Phi) is 4.71. The van der Waals surface area contributed by atoms with Gasteiger partial charge in [-0.05, 0) is 12.8 Å². The van der Waals surface area contributed by atoms with Crippen LogP contribution in [0.5, 0.6) is 0 Å². The first-order valence-electron chi connectivity index (χ1n) is 6.08. The summed E-state index contributed by atoms with van der Waals surface area (Å²) < 4.78 is 7.03. The van der Waals surface area contributed by atoms with Gasteiger partial charge in [0.15, 0.2) is 0 Å². The van der Waals surface area contributed by atoms with E-state index in [0.717, 1.165) is 30.1 Å². The summed E-state index contributed by atoms with van der Waals surface area (Å²) in [5.41, 5.74) is 1.09. The highest BCUT2D eigenvalue weighted by Crippen LogP contribution is 2.39. The summed E-state index contributed by atoms with van der Waals surface area (Å²) >= 11 is 12.7. The SMILES string of the molecule is COCCn1ncc(Cl)c1C1CCCCC1Cl. The Hall–Kier alpha value is -0.250. The number of halogens is 2. The average molecular weight is 277 g/mol. The van der Waals surface area contributed by atoms with E-state index in [1.165, 1.54) is 12.8 Å². The molecule has 1 aliphatic carbocycles. The molecule has 1 saturated carbocycles. The van der Waals surface area contributed by atoms with E-state index in [0.29, 0.717) is 12.5 Å². The molecule has 1 heterocycles. The monoisotopic (exact) mass is 276 g/mol. The van der Waals surface area contributed by atoms with Gasteiger partial charge < -0.3 is 4.74 Å². The fourth-order valence-electron chi connectivity index (χ4n) is 2.49. The maximum absolute atomic E-state index is 6.42. The molecule has 0 aromatic carbocycles. The number of alkyl halides is 1. The first-order chi connectivity index (χ1) is 8.24. The Morgan fingerprint density at radius 1 is 1.47 bits per heavy atom. The Morgan fingerprint density at radius 3 is 2.94 bits per heavy atom. The van der Waals surface area contributed by atoms with Crippen molar-refractivity contribution in [3.63, 3.8) is 0 Å². The van der Waals surface area contributed by atoms with E-state index in [2.05, 4.69) is 5.10 Å². The summed E-state index contributed by atoms with van der Waals surface area (Å²) in [4.78, 5) is 0. The predicted octanol–water partition coefficient (Wildman–Crippen LogP) is 3.45. The molecule has 5 heteroatoms. The molecule has 0 radical (unpaired) electrons. The van der Waals surface area contributed by atoms with Crippen LogP contribution >= 0.6 is 23.2 Å². The van der Waals surface area contributed by atoms with Crippen LogP contribution in [0.1, 0.15) is 37.3 Å². The molecule has 1 aromatic rings.